The Balaban J connectivity index is 1.60. The van der Waals surface area contributed by atoms with Crippen molar-refractivity contribution in [1.29, 1.82) is 0 Å². The average molecular weight is 510 g/mol. The maximum Gasteiger partial charge on any atom is 0.290 e. The number of fused-ring (bicyclic) bond motifs is 1. The van der Waals surface area contributed by atoms with Crippen LogP contribution in [0.5, 0.6) is 11.5 Å². The predicted octanol–water partition coefficient (Wildman–Crippen LogP) is 4.77. The fourth-order valence-corrected chi connectivity index (χ4v) is 6.32. The average Bonchev–Trinajstić information content (AvgIpc) is 3.42. The van der Waals surface area contributed by atoms with Crippen LogP contribution in [0.2, 0.25) is 0 Å². The van der Waals surface area contributed by atoms with Gasteiger partial charge >= 0.3 is 0 Å². The van der Waals surface area contributed by atoms with Gasteiger partial charge in [-0.2, -0.15) is 0 Å². The van der Waals surface area contributed by atoms with E-state index in [1.165, 1.54) is 17.0 Å². The zero-order chi connectivity index (χ0) is 24.7. The number of benzene rings is 3. The molecule has 0 radical (unpaired) electrons. The number of carbonyl (C=O) groups is 1. The fourth-order valence-electron chi connectivity index (χ4n) is 4.26. The Morgan fingerprint density at radius 1 is 1.00 bits per heavy atom. The summed E-state index contributed by atoms with van der Waals surface area (Å²) in [6, 6.07) is 18.0. The Bertz CT molecular complexity index is 1430. The lowest BCUT2D eigenvalue weighted by atomic mass is 10.1. The Morgan fingerprint density at radius 2 is 1.69 bits per heavy atom. The van der Waals surface area contributed by atoms with E-state index in [0.29, 0.717) is 17.1 Å². The van der Waals surface area contributed by atoms with Crippen LogP contribution in [0.15, 0.2) is 87.2 Å². The second kappa shape index (κ2) is 8.98. The molecule has 2 aliphatic rings. The first-order valence-corrected chi connectivity index (χ1v) is 13.6. The number of rotatable bonds is 6. The molecule has 0 saturated heterocycles. The largest absolute Gasteiger partial charge is 0.502 e. The highest BCUT2D eigenvalue weighted by molar-refractivity contribution is 7.98. The van der Waals surface area contributed by atoms with Crippen molar-refractivity contribution in [2.75, 3.05) is 13.0 Å². The molecule has 9 heteroatoms. The van der Waals surface area contributed by atoms with Gasteiger partial charge in [0.1, 0.15) is 4.91 Å². The first-order chi connectivity index (χ1) is 16.8. The molecule has 180 valence electrons. The van der Waals surface area contributed by atoms with Crippen LogP contribution in [-0.2, 0) is 21.2 Å². The summed E-state index contributed by atoms with van der Waals surface area (Å²) >= 11 is 1.55. The van der Waals surface area contributed by atoms with Crippen LogP contribution in [-0.4, -0.2) is 37.4 Å². The van der Waals surface area contributed by atoms with E-state index in [0.717, 1.165) is 16.0 Å². The van der Waals surface area contributed by atoms with Crippen molar-refractivity contribution in [1.82, 2.24) is 4.90 Å². The number of hydrogen-bond acceptors (Lipinski definition) is 7. The van der Waals surface area contributed by atoms with E-state index in [2.05, 4.69) is 0 Å². The minimum absolute atomic E-state index is 0.0214. The molecular formula is C26H23NO6S2. The Labute approximate surface area is 207 Å². The molecule has 1 N–H and O–H groups in total. The van der Waals surface area contributed by atoms with E-state index in [9.17, 15) is 18.3 Å². The summed E-state index contributed by atoms with van der Waals surface area (Å²) in [5.74, 6) is -0.341. The molecule has 0 spiro atoms. The number of hydrogen-bond donors (Lipinski definition) is 1. The van der Waals surface area contributed by atoms with Crippen LogP contribution >= 0.6 is 11.8 Å². The predicted molar refractivity (Wildman–Crippen MR) is 132 cm³/mol. The summed E-state index contributed by atoms with van der Waals surface area (Å²) in [6.07, 6.45) is 1.94. The summed E-state index contributed by atoms with van der Waals surface area (Å²) in [5, 5.41) is 10.9. The lowest BCUT2D eigenvalue weighted by Gasteiger charge is -2.27. The third-order valence-corrected chi connectivity index (χ3v) is 8.73. The zero-order valence-electron chi connectivity index (χ0n) is 19.1. The molecule has 7 nitrogen and oxygen atoms in total. The summed E-state index contributed by atoms with van der Waals surface area (Å²) in [6.45, 7) is 2.05. The van der Waals surface area contributed by atoms with Gasteiger partial charge in [0, 0.05) is 11.4 Å². The quantitative estimate of drug-likeness (QED) is 0.479. The third kappa shape index (κ3) is 4.15. The maximum atomic E-state index is 13.7. The van der Waals surface area contributed by atoms with Gasteiger partial charge in [0.05, 0.1) is 10.9 Å². The Hall–Kier alpha value is -3.43. The summed E-state index contributed by atoms with van der Waals surface area (Å²) < 4.78 is 38.3. The number of sulfone groups is 1. The first kappa shape index (κ1) is 23.3. The summed E-state index contributed by atoms with van der Waals surface area (Å²) in [5.41, 5.74) is 2.21. The monoisotopic (exact) mass is 509 g/mol. The smallest absolute Gasteiger partial charge is 0.290 e. The molecule has 0 bridgehead atoms. The zero-order valence-corrected chi connectivity index (χ0v) is 20.7. The number of aliphatic hydroxyl groups excluding tert-OH is 1. The molecule has 3 aromatic carbocycles. The highest BCUT2D eigenvalue weighted by Gasteiger charge is 2.46. The van der Waals surface area contributed by atoms with Crippen molar-refractivity contribution in [2.24, 2.45) is 0 Å². The highest BCUT2D eigenvalue weighted by Crippen LogP contribution is 2.44. The molecule has 0 fully saturated rings. The molecule has 1 amide bonds. The Kier molecular flexibility index (Phi) is 5.98. The first-order valence-electron chi connectivity index (χ1n) is 10.9. The fraction of sp³-hybridized carbons (Fsp3) is 0.192. The number of nitrogens with zero attached hydrogens (tertiary/aromatic N) is 1. The second-order valence-corrected chi connectivity index (χ2v) is 11.1. The summed E-state index contributed by atoms with van der Waals surface area (Å²) in [7, 11) is -4.17. The van der Waals surface area contributed by atoms with Crippen LogP contribution in [0.1, 0.15) is 22.7 Å². The molecule has 0 aliphatic carbocycles. The SMILES string of the molecule is CSc1ccc(C2C(S(=O)(=O)c3ccc(C)cc3)=C(O)C(=O)N2Cc2ccc3c(c2)OCO3)cc1. The van der Waals surface area contributed by atoms with Gasteiger partial charge in [-0.25, -0.2) is 8.42 Å². The minimum atomic E-state index is -4.17. The molecule has 1 unspecified atom stereocenters. The minimum Gasteiger partial charge on any atom is -0.502 e. The van der Waals surface area contributed by atoms with Crippen molar-refractivity contribution < 1.29 is 27.8 Å². The number of aliphatic hydroxyl groups is 1. The molecule has 35 heavy (non-hydrogen) atoms. The van der Waals surface area contributed by atoms with E-state index >= 15 is 0 Å². The van der Waals surface area contributed by atoms with Gasteiger partial charge in [-0.1, -0.05) is 35.9 Å². The number of aryl methyl sites for hydroxylation is 1. The molecule has 2 aliphatic heterocycles. The van der Waals surface area contributed by atoms with Gasteiger partial charge in [0.25, 0.3) is 5.91 Å². The third-order valence-electron chi connectivity index (χ3n) is 6.10. The number of amides is 1. The number of thioether (sulfide) groups is 1. The van der Waals surface area contributed by atoms with Crippen molar-refractivity contribution in [3.8, 4) is 11.5 Å². The van der Waals surface area contributed by atoms with Crippen molar-refractivity contribution >= 4 is 27.5 Å². The van der Waals surface area contributed by atoms with Crippen LogP contribution < -0.4 is 9.47 Å². The van der Waals surface area contributed by atoms with E-state index in [1.807, 2.05) is 25.3 Å². The topological polar surface area (TPSA) is 93.1 Å². The lowest BCUT2D eigenvalue weighted by molar-refractivity contribution is -0.130. The molecule has 0 aromatic heterocycles. The highest BCUT2D eigenvalue weighted by atomic mass is 32.2. The van der Waals surface area contributed by atoms with Gasteiger partial charge in [-0.3, -0.25) is 4.79 Å². The van der Waals surface area contributed by atoms with E-state index in [-0.39, 0.29) is 23.1 Å². The molecule has 1 atom stereocenters. The standard InChI is InChI=1S/C26H23NO6S2/c1-16-3-10-20(11-4-16)35(30,31)25-23(18-6-8-19(34-2)9-7-18)27(26(29)24(25)28)14-17-5-12-21-22(13-17)33-15-32-21/h3-13,23,28H,14-15H2,1-2H3. The normalized spacial score (nSPS) is 17.4. The molecule has 2 heterocycles. The molecule has 0 saturated carbocycles. The van der Waals surface area contributed by atoms with Crippen molar-refractivity contribution in [3.05, 3.63) is 94.1 Å². The number of ether oxygens (including phenoxy) is 2. The van der Waals surface area contributed by atoms with Gasteiger partial charge in [-0.05, 0) is 60.7 Å². The van der Waals surface area contributed by atoms with Crippen LogP contribution in [0.25, 0.3) is 0 Å². The lowest BCUT2D eigenvalue weighted by Crippen LogP contribution is -2.30. The second-order valence-electron chi connectivity index (χ2n) is 8.33. The maximum absolute atomic E-state index is 13.7. The summed E-state index contributed by atoms with van der Waals surface area (Å²) in [4.78, 5) is 15.4. The molecule has 3 aromatic rings. The Morgan fingerprint density at radius 3 is 2.37 bits per heavy atom. The van der Waals surface area contributed by atoms with E-state index in [1.54, 1.807) is 54.2 Å². The van der Waals surface area contributed by atoms with Gasteiger partial charge < -0.3 is 19.5 Å². The molecular weight excluding hydrogens is 486 g/mol. The van der Waals surface area contributed by atoms with Crippen LogP contribution in [0.3, 0.4) is 0 Å². The van der Waals surface area contributed by atoms with Crippen molar-refractivity contribution in [3.63, 3.8) is 0 Å². The van der Waals surface area contributed by atoms with Gasteiger partial charge in [-0.15, -0.1) is 11.8 Å². The van der Waals surface area contributed by atoms with E-state index in [4.69, 9.17) is 9.47 Å². The molecule has 5 rings (SSSR count). The van der Waals surface area contributed by atoms with Crippen molar-refractivity contribution in [2.45, 2.75) is 29.3 Å². The van der Waals surface area contributed by atoms with Gasteiger partial charge in [0.15, 0.2) is 17.3 Å². The van der Waals surface area contributed by atoms with E-state index < -0.39 is 27.5 Å². The number of carbonyl (C=O) groups excluding carboxylic acids is 1. The van der Waals surface area contributed by atoms with Crippen LogP contribution in [0.4, 0.5) is 0 Å². The van der Waals surface area contributed by atoms with Crippen LogP contribution in [0, 0.1) is 6.92 Å². The van der Waals surface area contributed by atoms with Gasteiger partial charge in [0.2, 0.25) is 16.6 Å².